The van der Waals surface area contributed by atoms with Gasteiger partial charge in [0.05, 0.1) is 11.6 Å². The van der Waals surface area contributed by atoms with Gasteiger partial charge in [-0.05, 0) is 61.4 Å². The van der Waals surface area contributed by atoms with E-state index in [1.807, 2.05) is 31.2 Å². The van der Waals surface area contributed by atoms with E-state index in [0.29, 0.717) is 45.0 Å². The van der Waals surface area contributed by atoms with E-state index in [1.165, 1.54) is 6.08 Å². The van der Waals surface area contributed by atoms with Crippen LogP contribution in [0.4, 0.5) is 5.69 Å². The highest BCUT2D eigenvalue weighted by molar-refractivity contribution is 6.33. The lowest BCUT2D eigenvalue weighted by Crippen LogP contribution is -2.14. The van der Waals surface area contributed by atoms with Gasteiger partial charge in [0.1, 0.15) is 18.2 Å². The summed E-state index contributed by atoms with van der Waals surface area (Å²) in [6.45, 7) is 4.17. The van der Waals surface area contributed by atoms with Gasteiger partial charge in [-0.15, -0.1) is 0 Å². The van der Waals surface area contributed by atoms with Gasteiger partial charge in [0.25, 0.3) is 5.91 Å². The first kappa shape index (κ1) is 25.5. The Hall–Kier alpha value is -3.17. The zero-order valence-corrected chi connectivity index (χ0v) is 20.8. The van der Waals surface area contributed by atoms with Crippen LogP contribution in [0, 0.1) is 18.3 Å². The number of rotatable bonds is 8. The van der Waals surface area contributed by atoms with Crippen molar-refractivity contribution in [3.63, 3.8) is 0 Å². The summed E-state index contributed by atoms with van der Waals surface area (Å²) in [5.41, 5.74) is 2.42. The van der Waals surface area contributed by atoms with Crippen LogP contribution in [0.15, 0.2) is 60.2 Å². The van der Waals surface area contributed by atoms with E-state index in [0.717, 1.165) is 5.56 Å². The molecule has 0 heterocycles. The number of nitrogens with zero attached hydrogens (tertiary/aromatic N) is 1. The summed E-state index contributed by atoms with van der Waals surface area (Å²) in [5, 5.41) is 13.7. The monoisotopic (exact) mass is 514 g/mol. The number of carbonyl (C=O) groups is 1. The molecule has 0 saturated heterocycles. The number of ether oxygens (including phenoxy) is 2. The molecule has 0 aliphatic heterocycles. The summed E-state index contributed by atoms with van der Waals surface area (Å²) < 4.78 is 11.6. The average Bonchev–Trinajstić information content (AvgIpc) is 2.81. The van der Waals surface area contributed by atoms with Crippen molar-refractivity contribution in [1.29, 1.82) is 5.26 Å². The van der Waals surface area contributed by atoms with Gasteiger partial charge in [-0.25, -0.2) is 0 Å². The fourth-order valence-corrected chi connectivity index (χ4v) is 3.73. The first-order valence-corrected chi connectivity index (χ1v) is 11.5. The van der Waals surface area contributed by atoms with Crippen molar-refractivity contribution >= 4 is 52.5 Å². The molecule has 3 aromatic carbocycles. The van der Waals surface area contributed by atoms with E-state index in [2.05, 4.69) is 5.32 Å². The first-order valence-electron chi connectivity index (χ1n) is 10.3. The van der Waals surface area contributed by atoms with Crippen LogP contribution >= 0.6 is 34.8 Å². The van der Waals surface area contributed by atoms with E-state index in [1.54, 1.807) is 43.3 Å². The fraction of sp³-hybridized carbons (Fsp3) is 0.154. The minimum Gasteiger partial charge on any atom is -0.490 e. The van der Waals surface area contributed by atoms with Crippen LogP contribution < -0.4 is 14.8 Å². The standard InChI is InChI=1S/C26H21Cl3N2O3/c1-3-33-24-13-17(12-22(29)25(24)34-15-18-7-4-5-8-21(18)28)11-19(14-30)26(32)31-23-10-6-9-20(27)16(23)2/h4-13H,3,15H2,1-2H3,(H,31,32)/b19-11+. The minimum absolute atomic E-state index is 0.109. The number of nitrogens with one attached hydrogen (secondary N) is 1. The molecule has 0 atom stereocenters. The number of halogens is 3. The Morgan fingerprint density at radius 1 is 1.03 bits per heavy atom. The third-order valence-corrected chi connectivity index (χ3v) is 5.91. The molecule has 0 unspecified atom stereocenters. The highest BCUT2D eigenvalue weighted by atomic mass is 35.5. The van der Waals surface area contributed by atoms with Crippen molar-refractivity contribution in [2.45, 2.75) is 20.5 Å². The zero-order chi connectivity index (χ0) is 24.7. The summed E-state index contributed by atoms with van der Waals surface area (Å²) in [7, 11) is 0. The van der Waals surface area contributed by atoms with Crippen LogP contribution in [0.2, 0.25) is 15.1 Å². The summed E-state index contributed by atoms with van der Waals surface area (Å²) >= 11 is 18.8. The largest absolute Gasteiger partial charge is 0.490 e. The lowest BCUT2D eigenvalue weighted by atomic mass is 10.1. The molecule has 0 fully saturated rings. The maximum absolute atomic E-state index is 12.7. The number of hydrogen-bond donors (Lipinski definition) is 1. The molecule has 34 heavy (non-hydrogen) atoms. The maximum Gasteiger partial charge on any atom is 0.266 e. The van der Waals surface area contributed by atoms with E-state index in [-0.39, 0.29) is 17.2 Å². The van der Waals surface area contributed by atoms with Crippen LogP contribution in [0.25, 0.3) is 6.08 Å². The average molecular weight is 516 g/mol. The summed E-state index contributed by atoms with van der Waals surface area (Å²) in [6.07, 6.45) is 1.43. The molecule has 3 rings (SSSR count). The minimum atomic E-state index is -0.569. The molecule has 1 amide bonds. The summed E-state index contributed by atoms with van der Waals surface area (Å²) in [4.78, 5) is 12.7. The lowest BCUT2D eigenvalue weighted by Gasteiger charge is -2.15. The van der Waals surface area contributed by atoms with Crippen LogP contribution in [-0.2, 0) is 11.4 Å². The number of nitriles is 1. The van der Waals surface area contributed by atoms with Crippen LogP contribution in [-0.4, -0.2) is 12.5 Å². The molecule has 3 aromatic rings. The highest BCUT2D eigenvalue weighted by Crippen LogP contribution is 2.38. The Labute approximate surface area is 213 Å². The van der Waals surface area contributed by atoms with Crippen LogP contribution in [0.3, 0.4) is 0 Å². The van der Waals surface area contributed by atoms with Gasteiger partial charge in [-0.2, -0.15) is 5.26 Å². The molecule has 0 saturated carbocycles. The normalized spacial score (nSPS) is 11.0. The molecule has 5 nitrogen and oxygen atoms in total. The molecule has 8 heteroatoms. The van der Waals surface area contributed by atoms with Crippen molar-refractivity contribution in [1.82, 2.24) is 0 Å². The predicted molar refractivity (Wildman–Crippen MR) is 137 cm³/mol. The van der Waals surface area contributed by atoms with Crippen molar-refractivity contribution in [3.05, 3.63) is 91.9 Å². The smallest absolute Gasteiger partial charge is 0.266 e. The molecule has 0 aromatic heterocycles. The third-order valence-electron chi connectivity index (χ3n) is 4.85. The number of anilines is 1. The van der Waals surface area contributed by atoms with Crippen LogP contribution in [0.1, 0.15) is 23.6 Å². The SMILES string of the molecule is CCOc1cc(/C=C(\C#N)C(=O)Nc2cccc(Cl)c2C)cc(Cl)c1OCc1ccccc1Cl. The molecular weight excluding hydrogens is 495 g/mol. The Bertz CT molecular complexity index is 1280. The second-order valence-corrected chi connectivity index (χ2v) is 8.40. The summed E-state index contributed by atoms with van der Waals surface area (Å²) in [6, 6.07) is 17.7. The van der Waals surface area contributed by atoms with Gasteiger partial charge < -0.3 is 14.8 Å². The molecule has 0 aliphatic rings. The molecule has 0 spiro atoms. The molecular formula is C26H21Cl3N2O3. The number of carbonyl (C=O) groups excluding carboxylic acids is 1. The number of amides is 1. The van der Waals surface area contributed by atoms with Crippen molar-refractivity contribution < 1.29 is 14.3 Å². The molecule has 0 radical (unpaired) electrons. The van der Waals surface area contributed by atoms with Crippen molar-refractivity contribution in [2.75, 3.05) is 11.9 Å². The van der Waals surface area contributed by atoms with Gasteiger partial charge in [-0.3, -0.25) is 4.79 Å². The second-order valence-electron chi connectivity index (χ2n) is 7.18. The van der Waals surface area contributed by atoms with Crippen molar-refractivity contribution in [2.24, 2.45) is 0 Å². The Morgan fingerprint density at radius 3 is 2.47 bits per heavy atom. The number of benzene rings is 3. The predicted octanol–water partition coefficient (Wildman–Crippen LogP) is 7.48. The molecule has 1 N–H and O–H groups in total. The van der Waals surface area contributed by atoms with E-state index in [9.17, 15) is 10.1 Å². The third kappa shape index (κ3) is 6.24. The van der Waals surface area contributed by atoms with Gasteiger partial charge >= 0.3 is 0 Å². The quantitative estimate of drug-likeness (QED) is 0.249. The van der Waals surface area contributed by atoms with E-state index < -0.39 is 5.91 Å². The Kier molecular flexibility index (Phi) is 8.84. The van der Waals surface area contributed by atoms with Crippen molar-refractivity contribution in [3.8, 4) is 17.6 Å². The maximum atomic E-state index is 12.7. The molecule has 174 valence electrons. The lowest BCUT2D eigenvalue weighted by molar-refractivity contribution is -0.112. The number of hydrogen-bond acceptors (Lipinski definition) is 4. The Balaban J connectivity index is 1.87. The topological polar surface area (TPSA) is 71.3 Å². The van der Waals surface area contributed by atoms with Gasteiger partial charge in [-0.1, -0.05) is 59.1 Å². The molecule has 0 bridgehead atoms. The summed E-state index contributed by atoms with van der Waals surface area (Å²) in [5.74, 6) is 0.163. The first-order chi connectivity index (χ1) is 16.3. The second kappa shape index (κ2) is 11.8. The Morgan fingerprint density at radius 2 is 1.76 bits per heavy atom. The molecule has 0 aliphatic carbocycles. The van der Waals surface area contributed by atoms with Gasteiger partial charge in [0.2, 0.25) is 0 Å². The van der Waals surface area contributed by atoms with Crippen LogP contribution in [0.5, 0.6) is 11.5 Å². The zero-order valence-electron chi connectivity index (χ0n) is 18.5. The highest BCUT2D eigenvalue weighted by Gasteiger charge is 2.16. The van der Waals surface area contributed by atoms with E-state index in [4.69, 9.17) is 44.3 Å². The fourth-order valence-electron chi connectivity index (χ4n) is 3.09. The van der Waals surface area contributed by atoms with Gasteiger partial charge in [0, 0.05) is 21.3 Å². The van der Waals surface area contributed by atoms with E-state index >= 15 is 0 Å². The van der Waals surface area contributed by atoms with Gasteiger partial charge in [0.15, 0.2) is 11.5 Å².